The van der Waals surface area contributed by atoms with E-state index in [-0.39, 0.29) is 24.2 Å². The van der Waals surface area contributed by atoms with E-state index in [1.807, 2.05) is 12.1 Å². The molecule has 1 aliphatic rings. The van der Waals surface area contributed by atoms with Crippen LogP contribution in [-0.2, 0) is 17.9 Å². The molecule has 3 aromatic heterocycles. The Kier molecular flexibility index (Phi) is 8.01. The molecule has 4 rings (SSSR count). The zero-order chi connectivity index (χ0) is 24.2. The highest BCUT2D eigenvalue weighted by molar-refractivity contribution is 7.20. The molecule has 1 aliphatic heterocycles. The van der Waals surface area contributed by atoms with Crippen molar-refractivity contribution in [2.45, 2.75) is 78.9 Å². The maximum Gasteiger partial charge on any atom is 0.346 e. The molecule has 1 atom stereocenters. The van der Waals surface area contributed by atoms with E-state index in [4.69, 9.17) is 0 Å². The lowest BCUT2D eigenvalue weighted by Gasteiger charge is -2.19. The van der Waals surface area contributed by atoms with Crippen LogP contribution in [0.5, 0.6) is 0 Å². The van der Waals surface area contributed by atoms with Crippen LogP contribution < -0.4 is 14.5 Å². The van der Waals surface area contributed by atoms with Crippen LogP contribution in [0, 0.1) is 27.7 Å². The third-order valence-corrected chi connectivity index (χ3v) is 9.31. The quantitative estimate of drug-likeness (QED) is 0.394. The van der Waals surface area contributed by atoms with Gasteiger partial charge in [0.05, 0.1) is 15.8 Å². The van der Waals surface area contributed by atoms with Gasteiger partial charge in [-0.3, -0.25) is 14.6 Å². The number of nitrogens with zero attached hydrogens (tertiary/aromatic N) is 3. The summed E-state index contributed by atoms with van der Waals surface area (Å²) in [6.45, 7) is 9.84. The number of Topliss-reactive ketones (excluding diaryl/α,β-unsaturated/α-hetero) is 2. The summed E-state index contributed by atoms with van der Waals surface area (Å²) in [7, 11) is 0. The van der Waals surface area contributed by atoms with E-state index in [0.29, 0.717) is 12.2 Å². The van der Waals surface area contributed by atoms with Crippen molar-refractivity contribution in [3.63, 3.8) is 0 Å². The second-order valence-corrected chi connectivity index (χ2v) is 11.5. The number of hydrogen-bond acceptors (Lipinski definition) is 6. The van der Waals surface area contributed by atoms with Crippen molar-refractivity contribution < 1.29 is 18.7 Å². The average molecular weight is 499 g/mol. The summed E-state index contributed by atoms with van der Waals surface area (Å²) in [5, 5.41) is 5.55. The molecule has 1 unspecified atom stereocenters. The minimum Gasteiger partial charge on any atom is -0.307 e. The summed E-state index contributed by atoms with van der Waals surface area (Å²) in [6, 6.07) is 5.34. The lowest BCUT2D eigenvalue weighted by Crippen LogP contribution is -2.50. The lowest BCUT2D eigenvalue weighted by molar-refractivity contribution is -0.702. The molecular weight excluding hydrogens is 464 g/mol. The third kappa shape index (κ3) is 5.34. The van der Waals surface area contributed by atoms with Crippen molar-refractivity contribution >= 4 is 34.2 Å². The van der Waals surface area contributed by atoms with Crippen LogP contribution in [0.4, 0.5) is 0 Å². The number of carbonyl (C=O) groups excluding carboxylic acids is 2. The lowest BCUT2D eigenvalue weighted by atomic mass is 10.0. The number of ketones is 2. The van der Waals surface area contributed by atoms with Gasteiger partial charge in [-0.15, -0.1) is 0 Å². The number of thiazole rings is 2. The summed E-state index contributed by atoms with van der Waals surface area (Å²) in [6.07, 6.45) is 7.24. The van der Waals surface area contributed by atoms with Gasteiger partial charge in [0.2, 0.25) is 24.7 Å². The molecule has 8 heteroatoms. The number of hydrogen-bond donors (Lipinski definition) is 1. The smallest absolute Gasteiger partial charge is 0.307 e. The second kappa shape index (κ2) is 11.0. The standard InChI is InChI=1S/C26H34N4O2S2/c1-17-19(3)33-25(29(17)15-23(31)21-11-7-5-6-9-13-27-21)26-30(18(2)20(4)34-26)16-24(32)22-12-8-10-14-28-22/h8,10,12,14,21,27H,5-7,9,11,13,15-16H2,1-4H3/q+2. The first-order valence-electron chi connectivity index (χ1n) is 12.1. The summed E-state index contributed by atoms with van der Waals surface area (Å²) in [5.41, 5.74) is 2.67. The zero-order valence-corrected chi connectivity index (χ0v) is 22.2. The van der Waals surface area contributed by atoms with Crippen molar-refractivity contribution in [1.29, 1.82) is 0 Å². The van der Waals surface area contributed by atoms with E-state index in [2.05, 4.69) is 47.1 Å². The molecule has 0 bridgehead atoms. The van der Waals surface area contributed by atoms with E-state index < -0.39 is 0 Å². The molecule has 0 saturated carbocycles. The van der Waals surface area contributed by atoms with Gasteiger partial charge in [0, 0.05) is 20.0 Å². The molecule has 34 heavy (non-hydrogen) atoms. The molecule has 1 fully saturated rings. The summed E-state index contributed by atoms with van der Waals surface area (Å²) < 4.78 is 4.26. The first-order chi connectivity index (χ1) is 16.4. The number of pyridine rings is 1. The van der Waals surface area contributed by atoms with Gasteiger partial charge in [0.15, 0.2) is 11.4 Å². The Morgan fingerprint density at radius 1 is 0.941 bits per heavy atom. The Morgan fingerprint density at radius 2 is 1.59 bits per heavy atom. The van der Waals surface area contributed by atoms with E-state index in [1.54, 1.807) is 34.9 Å². The van der Waals surface area contributed by atoms with Gasteiger partial charge in [-0.1, -0.05) is 48.0 Å². The number of rotatable bonds is 7. The fourth-order valence-corrected chi connectivity index (χ4v) is 6.79. The van der Waals surface area contributed by atoms with Crippen molar-refractivity contribution in [3.05, 3.63) is 51.2 Å². The van der Waals surface area contributed by atoms with Gasteiger partial charge in [0.25, 0.3) is 0 Å². The minimum absolute atomic E-state index is 0.0147. The average Bonchev–Trinajstić information content (AvgIpc) is 3.24. The Hall–Kier alpha value is -2.29. The largest absolute Gasteiger partial charge is 0.346 e. The maximum absolute atomic E-state index is 13.4. The van der Waals surface area contributed by atoms with Crippen LogP contribution in [0.15, 0.2) is 24.4 Å². The number of aryl methyl sites for hydroxylation is 2. The number of carbonyl (C=O) groups is 2. The molecule has 0 aliphatic carbocycles. The summed E-state index contributed by atoms with van der Waals surface area (Å²) in [5.74, 6) is 0.231. The fourth-order valence-electron chi connectivity index (χ4n) is 4.43. The Morgan fingerprint density at radius 3 is 2.24 bits per heavy atom. The maximum atomic E-state index is 13.4. The Balaban J connectivity index is 1.66. The zero-order valence-electron chi connectivity index (χ0n) is 20.5. The molecule has 4 heterocycles. The molecule has 1 N–H and O–H groups in total. The topological polar surface area (TPSA) is 66.8 Å². The Labute approximate surface area is 209 Å². The molecule has 3 aromatic rings. The molecule has 0 radical (unpaired) electrons. The first kappa shape index (κ1) is 24.8. The molecule has 0 amide bonds. The highest BCUT2D eigenvalue weighted by Gasteiger charge is 2.37. The normalized spacial score (nSPS) is 16.8. The predicted octanol–water partition coefficient (Wildman–Crippen LogP) is 4.05. The number of nitrogens with one attached hydrogen (secondary N) is 1. The van der Waals surface area contributed by atoms with Gasteiger partial charge in [0.1, 0.15) is 5.69 Å². The minimum atomic E-state index is -0.0788. The van der Waals surface area contributed by atoms with Gasteiger partial charge >= 0.3 is 10.0 Å². The van der Waals surface area contributed by atoms with Crippen LogP contribution in [0.25, 0.3) is 10.0 Å². The molecular formula is C26H34N4O2S2+2. The molecule has 0 aromatic carbocycles. The van der Waals surface area contributed by atoms with Gasteiger partial charge in [-0.25, -0.2) is 0 Å². The van der Waals surface area contributed by atoms with E-state index in [1.165, 1.54) is 22.6 Å². The molecule has 1 saturated heterocycles. The molecule has 6 nitrogen and oxygen atoms in total. The van der Waals surface area contributed by atoms with Crippen molar-refractivity contribution in [2.24, 2.45) is 0 Å². The molecule has 180 valence electrons. The Bertz CT molecular complexity index is 1180. The highest BCUT2D eigenvalue weighted by atomic mass is 32.1. The van der Waals surface area contributed by atoms with Crippen molar-refractivity contribution in [2.75, 3.05) is 6.54 Å². The predicted molar refractivity (Wildman–Crippen MR) is 135 cm³/mol. The van der Waals surface area contributed by atoms with E-state index in [9.17, 15) is 9.59 Å². The number of aromatic nitrogens is 3. The SMILES string of the molecule is Cc1sc(-c2sc(C)c(C)[n+]2CC(=O)C2CCCCCCN2)[n+](CC(=O)c2ccccn2)c1C. The van der Waals surface area contributed by atoms with Crippen LogP contribution in [0.3, 0.4) is 0 Å². The van der Waals surface area contributed by atoms with Crippen LogP contribution in [-0.4, -0.2) is 29.1 Å². The summed E-state index contributed by atoms with van der Waals surface area (Å²) >= 11 is 3.39. The van der Waals surface area contributed by atoms with E-state index in [0.717, 1.165) is 47.2 Å². The van der Waals surface area contributed by atoms with Gasteiger partial charge in [-0.05, 0) is 45.4 Å². The monoisotopic (exact) mass is 498 g/mol. The van der Waals surface area contributed by atoms with Crippen LogP contribution >= 0.6 is 22.7 Å². The highest BCUT2D eigenvalue weighted by Crippen LogP contribution is 2.30. The fraction of sp³-hybridized carbons (Fsp3) is 0.500. The van der Waals surface area contributed by atoms with Gasteiger partial charge in [-0.2, -0.15) is 9.13 Å². The third-order valence-electron chi connectivity index (χ3n) is 6.77. The van der Waals surface area contributed by atoms with E-state index >= 15 is 0 Å². The van der Waals surface area contributed by atoms with Gasteiger partial charge < -0.3 is 5.32 Å². The van der Waals surface area contributed by atoms with Crippen LogP contribution in [0.1, 0.15) is 63.7 Å². The van der Waals surface area contributed by atoms with Crippen molar-refractivity contribution in [3.8, 4) is 10.0 Å². The first-order valence-corrected chi connectivity index (χ1v) is 13.7. The second-order valence-electron chi connectivity index (χ2n) is 9.08. The molecule has 0 spiro atoms. The summed E-state index contributed by atoms with van der Waals surface area (Å²) in [4.78, 5) is 33.0. The van der Waals surface area contributed by atoms with Crippen molar-refractivity contribution in [1.82, 2.24) is 10.3 Å². The van der Waals surface area contributed by atoms with Crippen LogP contribution in [0.2, 0.25) is 0 Å².